The SMILES string of the molecule is COc1ccc(C(=O)CNc2c(C(=O)c3ccc(OC)c(Br)c3)oc3ccccc23)cc1Cl. The van der Waals surface area contributed by atoms with Crippen LogP contribution in [-0.4, -0.2) is 32.3 Å². The molecule has 0 aliphatic heterocycles. The Morgan fingerprint density at radius 1 is 0.970 bits per heavy atom. The normalized spacial score (nSPS) is 10.8. The largest absolute Gasteiger partial charge is 0.496 e. The van der Waals surface area contributed by atoms with Crippen LogP contribution in [0, 0.1) is 0 Å². The van der Waals surface area contributed by atoms with Gasteiger partial charge in [0.05, 0.1) is 35.9 Å². The zero-order valence-electron chi connectivity index (χ0n) is 17.8. The van der Waals surface area contributed by atoms with E-state index in [2.05, 4.69) is 21.2 Å². The van der Waals surface area contributed by atoms with Crippen LogP contribution >= 0.6 is 27.5 Å². The summed E-state index contributed by atoms with van der Waals surface area (Å²) < 4.78 is 16.9. The van der Waals surface area contributed by atoms with E-state index < -0.39 is 0 Å². The summed E-state index contributed by atoms with van der Waals surface area (Å²) in [7, 11) is 3.06. The summed E-state index contributed by atoms with van der Waals surface area (Å²) in [5, 5.41) is 4.14. The van der Waals surface area contributed by atoms with Gasteiger partial charge in [-0.15, -0.1) is 0 Å². The standard InChI is InChI=1S/C25H19BrClNO5/c1-31-21-9-8-15(11-17(21)26)24(30)25-23(16-5-3-4-6-20(16)33-25)28-13-19(29)14-7-10-22(32-2)18(27)12-14/h3-12,28H,13H2,1-2H3. The Balaban J connectivity index is 1.65. The number of ketones is 2. The highest BCUT2D eigenvalue weighted by Gasteiger charge is 2.23. The van der Waals surface area contributed by atoms with E-state index in [-0.39, 0.29) is 23.9 Å². The fourth-order valence-electron chi connectivity index (χ4n) is 3.43. The van der Waals surface area contributed by atoms with Gasteiger partial charge in [-0.25, -0.2) is 0 Å². The number of para-hydroxylation sites is 1. The van der Waals surface area contributed by atoms with Crippen molar-refractivity contribution in [2.75, 3.05) is 26.1 Å². The van der Waals surface area contributed by atoms with Crippen molar-refractivity contribution < 1.29 is 23.5 Å². The number of fused-ring (bicyclic) bond motifs is 1. The number of furan rings is 1. The second-order valence-corrected chi connectivity index (χ2v) is 8.37. The molecule has 168 valence electrons. The molecule has 8 heteroatoms. The maximum atomic E-state index is 13.3. The van der Waals surface area contributed by atoms with Gasteiger partial charge < -0.3 is 19.2 Å². The van der Waals surface area contributed by atoms with E-state index in [0.29, 0.717) is 48.8 Å². The Bertz CT molecular complexity index is 1360. The molecule has 1 N–H and O–H groups in total. The van der Waals surface area contributed by atoms with Gasteiger partial charge in [0.25, 0.3) is 0 Å². The number of hydrogen-bond donors (Lipinski definition) is 1. The number of halogens is 2. The molecule has 1 heterocycles. The van der Waals surface area contributed by atoms with Crippen molar-refractivity contribution in [2.45, 2.75) is 0 Å². The van der Waals surface area contributed by atoms with Crippen molar-refractivity contribution in [1.29, 1.82) is 0 Å². The number of methoxy groups -OCH3 is 2. The van der Waals surface area contributed by atoms with Crippen molar-refractivity contribution in [1.82, 2.24) is 0 Å². The minimum atomic E-state index is -0.322. The summed E-state index contributed by atoms with van der Waals surface area (Å²) in [5.41, 5.74) is 1.83. The molecule has 0 aliphatic rings. The van der Waals surface area contributed by atoms with Crippen molar-refractivity contribution >= 4 is 55.8 Å². The molecular formula is C25H19BrClNO5. The van der Waals surface area contributed by atoms with Crippen LogP contribution in [0.4, 0.5) is 5.69 Å². The molecule has 0 saturated heterocycles. The number of carbonyl (C=O) groups is 2. The molecule has 0 bridgehead atoms. The van der Waals surface area contributed by atoms with E-state index in [1.54, 1.807) is 49.6 Å². The van der Waals surface area contributed by atoms with Crippen LogP contribution in [0.2, 0.25) is 5.02 Å². The van der Waals surface area contributed by atoms with Gasteiger partial charge in [-0.1, -0.05) is 23.7 Å². The van der Waals surface area contributed by atoms with E-state index >= 15 is 0 Å². The van der Waals surface area contributed by atoms with Gasteiger partial charge >= 0.3 is 0 Å². The van der Waals surface area contributed by atoms with Crippen LogP contribution in [-0.2, 0) is 0 Å². The van der Waals surface area contributed by atoms with Crippen LogP contribution in [0.5, 0.6) is 11.5 Å². The number of rotatable bonds is 8. The first-order valence-electron chi connectivity index (χ1n) is 9.93. The summed E-state index contributed by atoms with van der Waals surface area (Å²) in [4.78, 5) is 26.1. The Labute approximate surface area is 203 Å². The fourth-order valence-corrected chi connectivity index (χ4v) is 4.23. The third-order valence-corrected chi connectivity index (χ3v) is 6.03. The number of anilines is 1. The van der Waals surface area contributed by atoms with E-state index in [1.165, 1.54) is 7.11 Å². The van der Waals surface area contributed by atoms with Crippen LogP contribution < -0.4 is 14.8 Å². The number of benzene rings is 3. The molecule has 0 unspecified atom stereocenters. The first-order chi connectivity index (χ1) is 15.9. The first-order valence-corrected chi connectivity index (χ1v) is 11.1. The van der Waals surface area contributed by atoms with Gasteiger partial charge in [0.2, 0.25) is 5.78 Å². The molecular weight excluding hydrogens is 510 g/mol. The van der Waals surface area contributed by atoms with Gasteiger partial charge in [-0.2, -0.15) is 0 Å². The van der Waals surface area contributed by atoms with Gasteiger partial charge in [0.1, 0.15) is 17.1 Å². The highest BCUT2D eigenvalue weighted by atomic mass is 79.9. The minimum Gasteiger partial charge on any atom is -0.496 e. The minimum absolute atomic E-state index is 0.0568. The first kappa shape index (κ1) is 22.9. The highest BCUT2D eigenvalue weighted by Crippen LogP contribution is 2.34. The molecule has 0 atom stereocenters. The molecule has 0 aliphatic carbocycles. The zero-order chi connectivity index (χ0) is 23.5. The van der Waals surface area contributed by atoms with Crippen molar-refractivity contribution in [3.05, 3.63) is 87.0 Å². The third kappa shape index (κ3) is 4.60. The highest BCUT2D eigenvalue weighted by molar-refractivity contribution is 9.10. The summed E-state index contributed by atoms with van der Waals surface area (Å²) in [5.74, 6) is 0.694. The Kier molecular flexibility index (Phi) is 6.72. The summed E-state index contributed by atoms with van der Waals surface area (Å²) in [6.07, 6.45) is 0. The predicted molar refractivity (Wildman–Crippen MR) is 131 cm³/mol. The number of hydrogen-bond acceptors (Lipinski definition) is 6. The van der Waals surface area contributed by atoms with Crippen molar-refractivity contribution in [3.8, 4) is 11.5 Å². The molecule has 3 aromatic carbocycles. The molecule has 0 amide bonds. The summed E-state index contributed by atoms with van der Waals surface area (Å²) in [6.45, 7) is -0.0568. The average Bonchev–Trinajstić information content (AvgIpc) is 3.20. The van der Waals surface area contributed by atoms with Crippen molar-refractivity contribution in [3.63, 3.8) is 0 Å². The number of Topliss-reactive ketones (excluding diaryl/α,β-unsaturated/α-hetero) is 1. The lowest BCUT2D eigenvalue weighted by atomic mass is 10.1. The predicted octanol–water partition coefficient (Wildman–Crippen LogP) is 6.39. The van der Waals surface area contributed by atoms with Crippen molar-refractivity contribution in [2.24, 2.45) is 0 Å². The molecule has 33 heavy (non-hydrogen) atoms. The lowest BCUT2D eigenvalue weighted by Crippen LogP contribution is -2.15. The molecule has 4 rings (SSSR count). The molecule has 4 aromatic rings. The van der Waals surface area contributed by atoms with E-state index in [1.807, 2.05) is 18.2 Å². The Morgan fingerprint density at radius 2 is 1.67 bits per heavy atom. The summed E-state index contributed by atoms with van der Waals surface area (Å²) in [6, 6.07) is 17.1. The van der Waals surface area contributed by atoms with Crippen LogP contribution in [0.1, 0.15) is 26.5 Å². The molecule has 0 saturated carbocycles. The third-order valence-electron chi connectivity index (χ3n) is 5.12. The van der Waals surface area contributed by atoms with Gasteiger partial charge in [0, 0.05) is 16.5 Å². The monoisotopic (exact) mass is 527 g/mol. The second-order valence-electron chi connectivity index (χ2n) is 7.11. The van der Waals surface area contributed by atoms with Gasteiger partial charge in [-0.3, -0.25) is 9.59 Å². The molecule has 6 nitrogen and oxygen atoms in total. The quantitative estimate of drug-likeness (QED) is 0.267. The maximum absolute atomic E-state index is 13.3. The van der Waals surface area contributed by atoms with E-state index in [0.717, 1.165) is 0 Å². The maximum Gasteiger partial charge on any atom is 0.230 e. The van der Waals surface area contributed by atoms with E-state index in [4.69, 9.17) is 25.5 Å². The van der Waals surface area contributed by atoms with Crippen LogP contribution in [0.3, 0.4) is 0 Å². The number of nitrogens with one attached hydrogen (secondary N) is 1. The van der Waals surface area contributed by atoms with Crippen LogP contribution in [0.25, 0.3) is 11.0 Å². The summed E-state index contributed by atoms with van der Waals surface area (Å²) >= 11 is 9.56. The van der Waals surface area contributed by atoms with Gasteiger partial charge in [0.15, 0.2) is 11.5 Å². The lowest BCUT2D eigenvalue weighted by Gasteiger charge is -2.09. The fraction of sp³-hybridized carbons (Fsp3) is 0.120. The Morgan fingerprint density at radius 3 is 2.36 bits per heavy atom. The van der Waals surface area contributed by atoms with Gasteiger partial charge in [-0.05, 0) is 64.5 Å². The number of carbonyl (C=O) groups excluding carboxylic acids is 2. The topological polar surface area (TPSA) is 77.8 Å². The molecule has 1 aromatic heterocycles. The second kappa shape index (κ2) is 9.68. The molecule has 0 radical (unpaired) electrons. The number of ether oxygens (including phenoxy) is 2. The Hall–Kier alpha value is -3.29. The average molecular weight is 529 g/mol. The zero-order valence-corrected chi connectivity index (χ0v) is 20.1. The molecule has 0 fully saturated rings. The molecule has 0 spiro atoms. The smallest absolute Gasteiger partial charge is 0.230 e. The van der Waals surface area contributed by atoms with Crippen LogP contribution in [0.15, 0.2) is 69.6 Å². The lowest BCUT2D eigenvalue weighted by molar-refractivity contribution is 0.0997. The van der Waals surface area contributed by atoms with E-state index in [9.17, 15) is 9.59 Å².